The first-order chi connectivity index (χ1) is 13.7. The molecule has 10 heteroatoms. The maximum absolute atomic E-state index is 11.7. The van der Waals surface area contributed by atoms with E-state index in [9.17, 15) is 14.4 Å². The zero-order valence-electron chi connectivity index (χ0n) is 16.4. The maximum atomic E-state index is 11.7. The Labute approximate surface area is 171 Å². The largest absolute Gasteiger partial charge is 0.476 e. The van der Waals surface area contributed by atoms with Gasteiger partial charge in [-0.1, -0.05) is 0 Å². The number of aromatic nitrogens is 1. The van der Waals surface area contributed by atoms with E-state index >= 15 is 0 Å². The molecular weight excluding hydrogens is 402 g/mol. The molecule has 0 saturated carbocycles. The van der Waals surface area contributed by atoms with Crippen LogP contribution in [0.3, 0.4) is 0 Å². The van der Waals surface area contributed by atoms with Gasteiger partial charge in [0.1, 0.15) is 11.3 Å². The number of rotatable bonds is 5. The number of hydrogen-bond acceptors (Lipinski definition) is 10. The normalized spacial score (nSPS) is 24.0. The highest BCUT2D eigenvalue weighted by Gasteiger charge is 2.47. The molecule has 0 unspecified atom stereocenters. The van der Waals surface area contributed by atoms with Gasteiger partial charge in [0, 0.05) is 39.5 Å². The molecule has 29 heavy (non-hydrogen) atoms. The number of aryl methyl sites for hydroxylation is 1. The molecule has 0 N–H and O–H groups in total. The Morgan fingerprint density at radius 2 is 1.69 bits per heavy atom. The van der Waals surface area contributed by atoms with Crippen molar-refractivity contribution in [3.63, 3.8) is 0 Å². The highest BCUT2D eigenvalue weighted by atomic mass is 32.2. The molecule has 1 aliphatic rings. The van der Waals surface area contributed by atoms with Crippen LogP contribution in [-0.2, 0) is 28.6 Å². The molecule has 9 nitrogen and oxygen atoms in total. The zero-order valence-corrected chi connectivity index (χ0v) is 17.2. The second-order valence-corrected chi connectivity index (χ2v) is 7.61. The number of oxazole rings is 1. The second-order valence-electron chi connectivity index (χ2n) is 6.48. The number of ether oxygens (including phenoxy) is 4. The molecule has 1 aromatic carbocycles. The lowest BCUT2D eigenvalue weighted by molar-refractivity contribution is -0.186. The third-order valence-electron chi connectivity index (χ3n) is 4.02. The number of esters is 3. The minimum Gasteiger partial charge on any atom is -0.476 e. The summed E-state index contributed by atoms with van der Waals surface area (Å²) >= 11 is 1.29. The summed E-state index contributed by atoms with van der Waals surface area (Å²) in [4.78, 5) is 39.0. The van der Waals surface area contributed by atoms with E-state index in [2.05, 4.69) is 4.98 Å². The minimum absolute atomic E-state index is 0.297. The SMILES string of the molecule is CC(=O)O[C@@H]1[C@@H](OC(C)=O)[C@@H](Oc2ccc3oc(C)nc3c2)SC[C@H]1OC(C)=O. The lowest BCUT2D eigenvalue weighted by Gasteiger charge is -2.39. The molecule has 156 valence electrons. The molecule has 1 aromatic heterocycles. The van der Waals surface area contributed by atoms with Gasteiger partial charge in [0.15, 0.2) is 35.2 Å². The summed E-state index contributed by atoms with van der Waals surface area (Å²) in [5, 5.41) is 0. The van der Waals surface area contributed by atoms with Gasteiger partial charge in [0.05, 0.1) is 0 Å². The predicted molar refractivity (Wildman–Crippen MR) is 102 cm³/mol. The van der Waals surface area contributed by atoms with Crippen LogP contribution in [0.1, 0.15) is 26.7 Å². The van der Waals surface area contributed by atoms with E-state index in [1.54, 1.807) is 25.1 Å². The third-order valence-corrected chi connectivity index (χ3v) is 5.24. The smallest absolute Gasteiger partial charge is 0.303 e. The number of benzene rings is 1. The average Bonchev–Trinajstić information content (AvgIpc) is 2.98. The maximum Gasteiger partial charge on any atom is 0.303 e. The first-order valence-corrected chi connectivity index (χ1v) is 9.95. The molecule has 2 heterocycles. The van der Waals surface area contributed by atoms with Gasteiger partial charge in [0.25, 0.3) is 0 Å². The van der Waals surface area contributed by atoms with E-state index < -0.39 is 41.7 Å². The van der Waals surface area contributed by atoms with Gasteiger partial charge in [-0.05, 0) is 12.1 Å². The fourth-order valence-corrected chi connectivity index (χ4v) is 4.26. The number of thioether (sulfide) groups is 1. The van der Waals surface area contributed by atoms with Gasteiger partial charge in [-0.15, -0.1) is 11.8 Å². The van der Waals surface area contributed by atoms with Crippen molar-refractivity contribution >= 4 is 40.8 Å². The number of fused-ring (bicyclic) bond motifs is 1. The van der Waals surface area contributed by atoms with Crippen molar-refractivity contribution in [3.8, 4) is 5.75 Å². The molecule has 2 aromatic rings. The molecule has 0 aliphatic carbocycles. The molecule has 0 radical (unpaired) electrons. The fourth-order valence-electron chi connectivity index (χ4n) is 3.04. The van der Waals surface area contributed by atoms with Crippen LogP contribution in [0.15, 0.2) is 22.6 Å². The molecule has 4 atom stereocenters. The predicted octanol–water partition coefficient (Wildman–Crippen LogP) is 2.38. The van der Waals surface area contributed by atoms with Crippen LogP contribution >= 0.6 is 11.8 Å². The van der Waals surface area contributed by atoms with Gasteiger partial charge in [0.2, 0.25) is 0 Å². The lowest BCUT2D eigenvalue weighted by atomic mass is 10.1. The molecular formula is C19H21NO8S. The van der Waals surface area contributed by atoms with Crippen molar-refractivity contribution in [2.24, 2.45) is 0 Å². The molecule has 0 bridgehead atoms. The van der Waals surface area contributed by atoms with E-state index in [0.29, 0.717) is 28.5 Å². The minimum atomic E-state index is -0.996. The molecule has 3 rings (SSSR count). The first-order valence-electron chi connectivity index (χ1n) is 8.90. The molecule has 0 amide bonds. The third kappa shape index (κ3) is 5.20. The van der Waals surface area contributed by atoms with Crippen molar-refractivity contribution in [1.29, 1.82) is 0 Å². The van der Waals surface area contributed by atoms with Crippen LogP contribution < -0.4 is 4.74 Å². The summed E-state index contributed by atoms with van der Waals surface area (Å²) in [6.07, 6.45) is -2.75. The highest BCUT2D eigenvalue weighted by molar-refractivity contribution is 7.99. The number of nitrogens with zero attached hydrogens (tertiary/aromatic N) is 1. The van der Waals surface area contributed by atoms with E-state index in [4.69, 9.17) is 23.4 Å². The van der Waals surface area contributed by atoms with E-state index in [0.717, 1.165) is 0 Å². The summed E-state index contributed by atoms with van der Waals surface area (Å²) in [5.74, 6) is -0.387. The highest BCUT2D eigenvalue weighted by Crippen LogP contribution is 2.35. The van der Waals surface area contributed by atoms with Gasteiger partial charge in [-0.3, -0.25) is 14.4 Å². The quantitative estimate of drug-likeness (QED) is 0.524. The van der Waals surface area contributed by atoms with Crippen LogP contribution in [0.4, 0.5) is 0 Å². The van der Waals surface area contributed by atoms with Crippen molar-refractivity contribution in [1.82, 2.24) is 4.98 Å². The number of carbonyl (C=O) groups is 3. The lowest BCUT2D eigenvalue weighted by Crippen LogP contribution is -2.55. The Bertz CT molecular complexity index is 926. The Balaban J connectivity index is 1.87. The van der Waals surface area contributed by atoms with E-state index in [1.807, 2.05) is 0 Å². The number of carbonyl (C=O) groups excluding carboxylic acids is 3. The Kier molecular flexibility index (Phi) is 6.31. The Morgan fingerprint density at radius 1 is 1.03 bits per heavy atom. The molecule has 1 aliphatic heterocycles. The Hall–Kier alpha value is -2.75. The van der Waals surface area contributed by atoms with Gasteiger partial charge >= 0.3 is 17.9 Å². The summed E-state index contributed by atoms with van der Waals surface area (Å²) in [6.45, 7) is 5.47. The molecule has 1 fully saturated rings. The van der Waals surface area contributed by atoms with Crippen LogP contribution in [0.2, 0.25) is 0 Å². The van der Waals surface area contributed by atoms with Crippen molar-refractivity contribution in [2.75, 3.05) is 5.75 Å². The van der Waals surface area contributed by atoms with Gasteiger partial charge in [-0.2, -0.15) is 0 Å². The van der Waals surface area contributed by atoms with Crippen molar-refractivity contribution in [2.45, 2.75) is 51.4 Å². The second kappa shape index (κ2) is 8.73. The summed E-state index contributed by atoms with van der Waals surface area (Å²) in [7, 11) is 0. The van der Waals surface area contributed by atoms with Crippen LogP contribution in [0.25, 0.3) is 11.1 Å². The summed E-state index contributed by atoms with van der Waals surface area (Å²) < 4.78 is 27.5. The van der Waals surface area contributed by atoms with E-state index in [1.165, 1.54) is 32.5 Å². The average molecular weight is 423 g/mol. The van der Waals surface area contributed by atoms with Crippen LogP contribution in [0, 0.1) is 6.92 Å². The van der Waals surface area contributed by atoms with Gasteiger partial charge in [-0.25, -0.2) is 4.98 Å². The molecule has 0 spiro atoms. The monoisotopic (exact) mass is 423 g/mol. The standard InChI is InChI=1S/C19H21NO8S/c1-9-20-14-7-13(5-6-15(14)24-9)28-19-18(27-12(4)23)17(26-11(3)22)16(8-29-19)25-10(2)21/h5-7,16-19H,8H2,1-4H3/t16-,17+,18-,19+/m1/s1. The summed E-state index contributed by atoms with van der Waals surface area (Å²) in [5.41, 5.74) is 0.551. The fraction of sp³-hybridized carbons (Fsp3) is 0.474. The van der Waals surface area contributed by atoms with Crippen molar-refractivity contribution < 1.29 is 37.7 Å². The first kappa shape index (κ1) is 21.0. The van der Waals surface area contributed by atoms with Crippen LogP contribution in [-0.4, -0.2) is 52.4 Å². The van der Waals surface area contributed by atoms with E-state index in [-0.39, 0.29) is 0 Å². The zero-order chi connectivity index (χ0) is 21.1. The van der Waals surface area contributed by atoms with Gasteiger partial charge < -0.3 is 23.4 Å². The topological polar surface area (TPSA) is 114 Å². The van der Waals surface area contributed by atoms with Crippen LogP contribution in [0.5, 0.6) is 5.75 Å². The summed E-state index contributed by atoms with van der Waals surface area (Å²) in [6, 6.07) is 5.14. The van der Waals surface area contributed by atoms with Crippen molar-refractivity contribution in [3.05, 3.63) is 24.1 Å². The number of hydrogen-bond donors (Lipinski definition) is 0. The Morgan fingerprint density at radius 3 is 2.34 bits per heavy atom. The molecule has 1 saturated heterocycles.